The fourth-order valence-corrected chi connectivity index (χ4v) is 2.95. The Balaban J connectivity index is 1.73. The van der Waals surface area contributed by atoms with Crippen molar-refractivity contribution in [2.24, 2.45) is 0 Å². The van der Waals surface area contributed by atoms with Gasteiger partial charge in [-0.25, -0.2) is 4.79 Å². The molecular weight excluding hydrogens is 344 g/mol. The number of nitrogens with zero attached hydrogens (tertiary/aromatic N) is 2. The van der Waals surface area contributed by atoms with Gasteiger partial charge in [-0.3, -0.25) is 4.79 Å². The Morgan fingerprint density at radius 1 is 1.07 bits per heavy atom. The van der Waals surface area contributed by atoms with E-state index in [9.17, 15) is 9.59 Å². The van der Waals surface area contributed by atoms with Crippen LogP contribution in [-0.4, -0.2) is 23.0 Å². The van der Waals surface area contributed by atoms with E-state index in [2.05, 4.69) is 5.16 Å². The lowest BCUT2D eigenvalue weighted by molar-refractivity contribution is 0.0766. The van der Waals surface area contributed by atoms with E-state index in [1.165, 1.54) is 10.5 Å². The highest BCUT2D eigenvalue weighted by molar-refractivity contribution is 5.94. The van der Waals surface area contributed by atoms with Crippen LogP contribution in [-0.2, 0) is 19.4 Å². The molecule has 0 unspecified atom stereocenters. The first-order valence-electron chi connectivity index (χ1n) is 8.79. The number of hydrogen-bond donors (Lipinski definition) is 0. The average molecular weight is 366 g/mol. The minimum absolute atomic E-state index is 0.0530. The molecule has 140 valence electrons. The second-order valence-corrected chi connectivity index (χ2v) is 6.64. The van der Waals surface area contributed by atoms with Crippen LogP contribution >= 0.6 is 0 Å². The Labute approximate surface area is 157 Å². The molecular formula is C21H22N2O4. The van der Waals surface area contributed by atoms with Gasteiger partial charge in [0, 0.05) is 19.5 Å². The number of amides is 1. The highest BCUT2D eigenvalue weighted by atomic mass is 16.5. The van der Waals surface area contributed by atoms with Crippen molar-refractivity contribution in [3.05, 3.63) is 86.8 Å². The smallest absolute Gasteiger partial charge is 0.349 e. The highest BCUT2D eigenvalue weighted by Crippen LogP contribution is 2.13. The van der Waals surface area contributed by atoms with E-state index in [1.807, 2.05) is 37.3 Å². The SMILES string of the molecule is Cc1cc(CN(C)C(=O)c2c(C)cc(CCc3ccccc3)oc2=O)on1. The van der Waals surface area contributed by atoms with Crippen LogP contribution in [0.25, 0.3) is 0 Å². The van der Waals surface area contributed by atoms with Crippen LogP contribution in [0, 0.1) is 13.8 Å². The molecule has 0 saturated carbocycles. The Kier molecular flexibility index (Phi) is 5.54. The normalized spacial score (nSPS) is 10.8. The molecule has 0 aliphatic rings. The van der Waals surface area contributed by atoms with Crippen LogP contribution < -0.4 is 5.63 Å². The van der Waals surface area contributed by atoms with E-state index in [0.29, 0.717) is 23.5 Å². The average Bonchev–Trinajstić information content (AvgIpc) is 3.05. The second kappa shape index (κ2) is 8.03. The molecule has 1 amide bonds. The summed E-state index contributed by atoms with van der Waals surface area (Å²) in [6.45, 7) is 3.79. The monoisotopic (exact) mass is 366 g/mol. The number of aromatic nitrogens is 1. The summed E-state index contributed by atoms with van der Waals surface area (Å²) in [5.74, 6) is 0.737. The lowest BCUT2D eigenvalue weighted by Gasteiger charge is -2.16. The molecule has 2 heterocycles. The van der Waals surface area contributed by atoms with Crippen molar-refractivity contribution in [1.29, 1.82) is 0 Å². The lowest BCUT2D eigenvalue weighted by atomic mass is 10.1. The van der Waals surface area contributed by atoms with Gasteiger partial charge in [0.05, 0.1) is 12.2 Å². The third-order valence-corrected chi connectivity index (χ3v) is 4.33. The topological polar surface area (TPSA) is 76.6 Å². The largest absolute Gasteiger partial charge is 0.427 e. The van der Waals surface area contributed by atoms with Gasteiger partial charge in [0.2, 0.25) is 0 Å². The molecule has 0 radical (unpaired) electrons. The van der Waals surface area contributed by atoms with Crippen molar-refractivity contribution >= 4 is 5.91 Å². The van der Waals surface area contributed by atoms with E-state index in [0.717, 1.165) is 12.1 Å². The summed E-state index contributed by atoms with van der Waals surface area (Å²) in [5.41, 5.74) is 1.96. The van der Waals surface area contributed by atoms with Gasteiger partial charge in [-0.15, -0.1) is 0 Å². The lowest BCUT2D eigenvalue weighted by Crippen LogP contribution is -2.31. The predicted octanol–water partition coefficient (Wildman–Crippen LogP) is 3.30. The van der Waals surface area contributed by atoms with Crippen molar-refractivity contribution in [1.82, 2.24) is 10.1 Å². The van der Waals surface area contributed by atoms with Crippen molar-refractivity contribution in [2.75, 3.05) is 7.05 Å². The van der Waals surface area contributed by atoms with Crippen LogP contribution in [0.4, 0.5) is 0 Å². The van der Waals surface area contributed by atoms with Crippen molar-refractivity contribution in [3.63, 3.8) is 0 Å². The minimum atomic E-state index is -0.608. The molecule has 2 aromatic heterocycles. The zero-order valence-corrected chi connectivity index (χ0v) is 15.7. The summed E-state index contributed by atoms with van der Waals surface area (Å²) in [5, 5.41) is 3.80. The minimum Gasteiger partial charge on any atom is -0.427 e. The Morgan fingerprint density at radius 3 is 2.44 bits per heavy atom. The Morgan fingerprint density at radius 2 is 1.81 bits per heavy atom. The van der Waals surface area contributed by atoms with Crippen LogP contribution in [0.1, 0.15) is 38.7 Å². The predicted molar refractivity (Wildman–Crippen MR) is 101 cm³/mol. The van der Waals surface area contributed by atoms with Crippen LogP contribution in [0.15, 0.2) is 56.2 Å². The van der Waals surface area contributed by atoms with Gasteiger partial charge in [0.1, 0.15) is 11.3 Å². The quantitative estimate of drug-likeness (QED) is 0.669. The first-order valence-corrected chi connectivity index (χ1v) is 8.79. The molecule has 3 aromatic rings. The number of rotatable bonds is 6. The maximum Gasteiger partial charge on any atom is 0.349 e. The standard InChI is InChI=1S/C21H22N2O4/c1-14-11-17(10-9-16-7-5-4-6-8-16)26-21(25)19(14)20(24)23(3)13-18-12-15(2)22-27-18/h4-8,11-12H,9-10,13H2,1-3H3. The molecule has 0 spiro atoms. The maximum atomic E-state index is 12.7. The molecule has 6 nitrogen and oxygen atoms in total. The van der Waals surface area contributed by atoms with E-state index < -0.39 is 11.5 Å². The number of aryl methyl sites for hydroxylation is 4. The van der Waals surface area contributed by atoms with E-state index in [-0.39, 0.29) is 12.1 Å². The third-order valence-electron chi connectivity index (χ3n) is 4.33. The van der Waals surface area contributed by atoms with E-state index in [4.69, 9.17) is 8.94 Å². The van der Waals surface area contributed by atoms with E-state index >= 15 is 0 Å². The molecule has 0 N–H and O–H groups in total. The first-order chi connectivity index (χ1) is 12.9. The summed E-state index contributed by atoms with van der Waals surface area (Å²) in [6.07, 6.45) is 1.36. The van der Waals surface area contributed by atoms with Crippen molar-refractivity contribution in [2.45, 2.75) is 33.2 Å². The van der Waals surface area contributed by atoms with Crippen LogP contribution in [0.2, 0.25) is 0 Å². The van der Waals surface area contributed by atoms with Gasteiger partial charge in [-0.2, -0.15) is 0 Å². The van der Waals surface area contributed by atoms with Crippen LogP contribution in [0.3, 0.4) is 0 Å². The van der Waals surface area contributed by atoms with Crippen LogP contribution in [0.5, 0.6) is 0 Å². The molecule has 0 aliphatic heterocycles. The van der Waals surface area contributed by atoms with E-state index in [1.54, 1.807) is 26.1 Å². The summed E-state index contributed by atoms with van der Waals surface area (Å²) >= 11 is 0. The maximum absolute atomic E-state index is 12.7. The fraction of sp³-hybridized carbons (Fsp3) is 0.286. The molecule has 3 rings (SSSR count). The number of carbonyl (C=O) groups excluding carboxylic acids is 1. The zero-order valence-electron chi connectivity index (χ0n) is 15.7. The highest BCUT2D eigenvalue weighted by Gasteiger charge is 2.21. The molecule has 1 aromatic carbocycles. The fourth-order valence-electron chi connectivity index (χ4n) is 2.95. The first kappa shape index (κ1) is 18.6. The molecule has 0 atom stereocenters. The molecule has 0 aliphatic carbocycles. The second-order valence-electron chi connectivity index (χ2n) is 6.64. The van der Waals surface area contributed by atoms with Gasteiger partial charge >= 0.3 is 5.63 Å². The summed E-state index contributed by atoms with van der Waals surface area (Å²) in [6, 6.07) is 13.5. The third kappa shape index (κ3) is 4.53. The summed E-state index contributed by atoms with van der Waals surface area (Å²) in [7, 11) is 1.61. The summed E-state index contributed by atoms with van der Waals surface area (Å²) in [4.78, 5) is 26.5. The van der Waals surface area contributed by atoms with Gasteiger partial charge in [-0.05, 0) is 37.5 Å². The Hall–Kier alpha value is -3.15. The number of carbonyl (C=O) groups is 1. The molecule has 27 heavy (non-hydrogen) atoms. The number of hydrogen-bond acceptors (Lipinski definition) is 5. The van der Waals surface area contributed by atoms with Gasteiger partial charge < -0.3 is 13.8 Å². The molecule has 0 bridgehead atoms. The van der Waals surface area contributed by atoms with Gasteiger partial charge in [0.15, 0.2) is 5.76 Å². The molecule has 0 fully saturated rings. The Bertz CT molecular complexity index is 989. The molecule has 6 heteroatoms. The van der Waals surface area contributed by atoms with Crippen molar-refractivity contribution < 1.29 is 13.7 Å². The van der Waals surface area contributed by atoms with Crippen molar-refractivity contribution in [3.8, 4) is 0 Å². The van der Waals surface area contributed by atoms with Gasteiger partial charge in [-0.1, -0.05) is 35.5 Å². The molecule has 0 saturated heterocycles. The zero-order chi connectivity index (χ0) is 19.4. The van der Waals surface area contributed by atoms with Gasteiger partial charge in [0.25, 0.3) is 5.91 Å². The summed E-state index contributed by atoms with van der Waals surface area (Å²) < 4.78 is 10.5. The number of benzene rings is 1.